The molecule has 0 aliphatic carbocycles. The van der Waals surface area contributed by atoms with Crippen LogP contribution in [0.2, 0.25) is 4.34 Å². The molecule has 1 aromatic heterocycles. The van der Waals surface area contributed by atoms with Crippen LogP contribution >= 0.6 is 34.7 Å². The van der Waals surface area contributed by atoms with Gasteiger partial charge in [-0.1, -0.05) is 11.6 Å². The van der Waals surface area contributed by atoms with Crippen molar-refractivity contribution in [2.75, 3.05) is 13.4 Å². The predicted octanol–water partition coefficient (Wildman–Crippen LogP) is 2.83. The lowest BCUT2D eigenvalue weighted by Gasteiger charge is -1.99. The van der Waals surface area contributed by atoms with Crippen LogP contribution in [0.3, 0.4) is 0 Å². The fraction of sp³-hybridized carbons (Fsp3) is 0.286. The van der Waals surface area contributed by atoms with E-state index in [-0.39, 0.29) is 11.3 Å². The largest absolute Gasteiger partial charge is 0.493 e. The highest BCUT2D eigenvalue weighted by molar-refractivity contribution is 8.00. The van der Waals surface area contributed by atoms with E-state index >= 15 is 0 Å². The van der Waals surface area contributed by atoms with Crippen molar-refractivity contribution < 1.29 is 14.6 Å². The standard InChI is InChI=1S/C7H7ClO3S2/c1-11-4-3(6(9)10)7(12-2)13-5(4)8/h1-2H3,(H,9,10). The van der Waals surface area contributed by atoms with E-state index in [0.717, 1.165) is 0 Å². The zero-order valence-electron chi connectivity index (χ0n) is 6.96. The third-order valence-corrected chi connectivity index (χ3v) is 3.88. The lowest BCUT2D eigenvalue weighted by atomic mass is 10.3. The summed E-state index contributed by atoms with van der Waals surface area (Å²) in [4.78, 5) is 10.8. The number of carboxylic acid groups (broad SMARTS) is 1. The Balaban J connectivity index is 3.32. The average molecular weight is 239 g/mol. The highest BCUT2D eigenvalue weighted by Gasteiger charge is 2.22. The molecule has 1 aromatic rings. The lowest BCUT2D eigenvalue weighted by Crippen LogP contribution is -1.98. The molecule has 0 unspecified atom stereocenters. The number of rotatable bonds is 3. The predicted molar refractivity (Wildman–Crippen MR) is 54.6 cm³/mol. The van der Waals surface area contributed by atoms with Gasteiger partial charge in [-0.3, -0.25) is 0 Å². The minimum atomic E-state index is -1.01. The highest BCUT2D eigenvalue weighted by Crippen LogP contribution is 2.43. The summed E-state index contributed by atoms with van der Waals surface area (Å²) in [7, 11) is 1.41. The first kappa shape index (κ1) is 10.7. The number of hydrogen-bond acceptors (Lipinski definition) is 4. The van der Waals surface area contributed by atoms with Crippen molar-refractivity contribution in [3.05, 3.63) is 9.90 Å². The van der Waals surface area contributed by atoms with Gasteiger partial charge >= 0.3 is 5.97 Å². The fourth-order valence-corrected chi connectivity index (χ4v) is 3.11. The van der Waals surface area contributed by atoms with Crippen LogP contribution in [0.5, 0.6) is 5.75 Å². The molecule has 1 rings (SSSR count). The van der Waals surface area contributed by atoms with Gasteiger partial charge in [0, 0.05) is 0 Å². The number of carbonyl (C=O) groups is 1. The third-order valence-electron chi connectivity index (χ3n) is 1.40. The molecule has 72 valence electrons. The molecule has 0 aliphatic rings. The number of hydrogen-bond donors (Lipinski definition) is 1. The van der Waals surface area contributed by atoms with Crippen molar-refractivity contribution in [1.29, 1.82) is 0 Å². The maximum atomic E-state index is 10.8. The summed E-state index contributed by atoms with van der Waals surface area (Å²) in [6.45, 7) is 0. The number of aromatic carboxylic acids is 1. The summed E-state index contributed by atoms with van der Waals surface area (Å²) in [5, 5.41) is 8.88. The van der Waals surface area contributed by atoms with E-state index in [9.17, 15) is 4.79 Å². The first-order valence-corrected chi connectivity index (χ1v) is 5.67. The monoisotopic (exact) mass is 238 g/mol. The Labute approximate surface area is 88.7 Å². The Hall–Kier alpha value is -0.390. The molecule has 0 spiro atoms. The average Bonchev–Trinajstić information content (AvgIpc) is 2.41. The van der Waals surface area contributed by atoms with Crippen molar-refractivity contribution in [2.24, 2.45) is 0 Å². The summed E-state index contributed by atoms with van der Waals surface area (Å²) in [5.74, 6) is -0.757. The van der Waals surface area contributed by atoms with Crippen LogP contribution < -0.4 is 4.74 Å². The summed E-state index contributed by atoms with van der Waals surface area (Å²) >= 11 is 8.35. The molecule has 0 amide bonds. The zero-order chi connectivity index (χ0) is 10.0. The van der Waals surface area contributed by atoms with Crippen LogP contribution in [0.15, 0.2) is 4.21 Å². The van der Waals surface area contributed by atoms with Gasteiger partial charge in [0.25, 0.3) is 0 Å². The molecule has 0 bridgehead atoms. The van der Waals surface area contributed by atoms with E-state index in [0.29, 0.717) is 8.55 Å². The summed E-state index contributed by atoms with van der Waals surface area (Å²) in [6, 6.07) is 0. The fourth-order valence-electron chi connectivity index (χ4n) is 0.880. The van der Waals surface area contributed by atoms with Crippen molar-refractivity contribution in [1.82, 2.24) is 0 Å². The zero-order valence-corrected chi connectivity index (χ0v) is 9.35. The number of ether oxygens (including phenoxy) is 1. The van der Waals surface area contributed by atoms with Gasteiger partial charge in [0.1, 0.15) is 9.90 Å². The second-order valence-electron chi connectivity index (χ2n) is 2.08. The van der Waals surface area contributed by atoms with Gasteiger partial charge < -0.3 is 9.84 Å². The summed E-state index contributed by atoms with van der Waals surface area (Å²) < 4.78 is 5.94. The molecular weight excluding hydrogens is 232 g/mol. The first-order chi connectivity index (χ1) is 6.11. The molecule has 0 aromatic carbocycles. The van der Waals surface area contributed by atoms with Crippen LogP contribution in [0.1, 0.15) is 10.4 Å². The number of thiophene rings is 1. The number of halogens is 1. The Bertz CT molecular complexity index is 335. The van der Waals surface area contributed by atoms with E-state index < -0.39 is 5.97 Å². The lowest BCUT2D eigenvalue weighted by molar-refractivity contribution is 0.0690. The molecule has 6 heteroatoms. The Kier molecular flexibility index (Phi) is 3.47. The second kappa shape index (κ2) is 4.21. The molecule has 0 atom stereocenters. The topological polar surface area (TPSA) is 46.5 Å². The SMILES string of the molecule is COc1c(Cl)sc(SC)c1C(=O)O. The van der Waals surface area contributed by atoms with Gasteiger partial charge in [-0.25, -0.2) is 4.79 Å². The number of carboxylic acids is 1. The number of thioether (sulfide) groups is 1. The van der Waals surface area contributed by atoms with E-state index in [2.05, 4.69) is 0 Å². The smallest absolute Gasteiger partial charge is 0.341 e. The molecular formula is C7H7ClO3S2. The van der Waals surface area contributed by atoms with Crippen molar-refractivity contribution in [3.8, 4) is 5.75 Å². The quantitative estimate of drug-likeness (QED) is 0.823. The van der Waals surface area contributed by atoms with Crippen LogP contribution in [0, 0.1) is 0 Å². The molecule has 0 fully saturated rings. The van der Waals surface area contributed by atoms with Gasteiger partial charge in [0.15, 0.2) is 5.75 Å². The Morgan fingerprint density at radius 2 is 2.31 bits per heavy atom. The normalized spacial score (nSPS) is 10.1. The molecule has 1 N–H and O–H groups in total. The van der Waals surface area contributed by atoms with Crippen LogP contribution in [-0.2, 0) is 0 Å². The van der Waals surface area contributed by atoms with Gasteiger partial charge in [-0.05, 0) is 6.26 Å². The molecule has 0 saturated carbocycles. The number of methoxy groups -OCH3 is 1. The van der Waals surface area contributed by atoms with E-state index in [4.69, 9.17) is 21.4 Å². The third kappa shape index (κ3) is 1.92. The molecule has 0 aliphatic heterocycles. The van der Waals surface area contributed by atoms with E-state index in [1.54, 1.807) is 6.26 Å². The van der Waals surface area contributed by atoms with Crippen molar-refractivity contribution in [3.63, 3.8) is 0 Å². The minimum Gasteiger partial charge on any atom is -0.493 e. The van der Waals surface area contributed by atoms with E-state index in [1.807, 2.05) is 0 Å². The maximum Gasteiger partial charge on any atom is 0.341 e. The Morgan fingerprint density at radius 3 is 2.69 bits per heavy atom. The summed E-state index contributed by atoms with van der Waals surface area (Å²) in [6.07, 6.45) is 1.80. The molecule has 13 heavy (non-hydrogen) atoms. The van der Waals surface area contributed by atoms with Crippen LogP contribution in [0.25, 0.3) is 0 Å². The molecule has 1 heterocycles. The molecule has 3 nitrogen and oxygen atoms in total. The van der Waals surface area contributed by atoms with Gasteiger partial charge in [-0.15, -0.1) is 23.1 Å². The molecule has 0 radical (unpaired) electrons. The highest BCUT2D eigenvalue weighted by atomic mass is 35.5. The van der Waals surface area contributed by atoms with Crippen molar-refractivity contribution in [2.45, 2.75) is 4.21 Å². The van der Waals surface area contributed by atoms with E-state index in [1.165, 1.54) is 30.2 Å². The van der Waals surface area contributed by atoms with Gasteiger partial charge in [0.05, 0.1) is 11.3 Å². The minimum absolute atomic E-state index is 0.157. The van der Waals surface area contributed by atoms with Gasteiger partial charge in [-0.2, -0.15) is 0 Å². The summed E-state index contributed by atoms with van der Waals surface area (Å²) in [5.41, 5.74) is 0.157. The first-order valence-electron chi connectivity index (χ1n) is 3.25. The maximum absolute atomic E-state index is 10.8. The van der Waals surface area contributed by atoms with Crippen LogP contribution in [0.4, 0.5) is 0 Å². The molecule has 0 saturated heterocycles. The van der Waals surface area contributed by atoms with Gasteiger partial charge in [0.2, 0.25) is 0 Å². The van der Waals surface area contributed by atoms with Crippen LogP contribution in [-0.4, -0.2) is 24.4 Å². The van der Waals surface area contributed by atoms with Crippen molar-refractivity contribution >= 4 is 40.7 Å². The second-order valence-corrected chi connectivity index (χ2v) is 4.78. The Morgan fingerprint density at radius 1 is 1.69 bits per heavy atom.